The number of benzene rings is 1. The quantitative estimate of drug-likeness (QED) is 0.867. The first-order chi connectivity index (χ1) is 9.42. The van der Waals surface area contributed by atoms with Gasteiger partial charge in [0.25, 0.3) is 10.1 Å². The van der Waals surface area contributed by atoms with Crippen LogP contribution in [0.1, 0.15) is 43.7 Å². The van der Waals surface area contributed by atoms with E-state index in [9.17, 15) is 8.42 Å². The average Bonchev–Trinajstić information content (AvgIpc) is 2.40. The summed E-state index contributed by atoms with van der Waals surface area (Å²) in [5, 5.41) is 0. The molecule has 2 N–H and O–H groups in total. The number of aryl methyl sites for hydroxylation is 2. The Balaban J connectivity index is 2.18. The summed E-state index contributed by atoms with van der Waals surface area (Å²) in [5.74, 6) is 0. The Labute approximate surface area is 121 Å². The fourth-order valence-electron chi connectivity index (χ4n) is 2.64. The Hall–Kier alpha value is -0.910. The second-order valence-electron chi connectivity index (χ2n) is 5.55. The van der Waals surface area contributed by atoms with Crippen molar-refractivity contribution in [3.05, 3.63) is 29.3 Å². The summed E-state index contributed by atoms with van der Waals surface area (Å²) in [6.07, 6.45) is 3.53. The standard InChI is InChI=1S/C15H23NO3S/c1-3-12-10-11(2)4-9-15(12)20(17,18)19-14-7-5-13(16)6-8-14/h4,9-10,13-14H,3,5-8,16H2,1-2H3. The van der Waals surface area contributed by atoms with Crippen molar-refractivity contribution in [2.24, 2.45) is 5.73 Å². The van der Waals surface area contributed by atoms with Crippen LogP contribution in [0.25, 0.3) is 0 Å². The lowest BCUT2D eigenvalue weighted by molar-refractivity contribution is 0.154. The van der Waals surface area contributed by atoms with Gasteiger partial charge in [0.1, 0.15) is 0 Å². The molecule has 0 amide bonds. The molecule has 0 aliphatic heterocycles. The molecule has 0 radical (unpaired) electrons. The lowest BCUT2D eigenvalue weighted by Gasteiger charge is -2.25. The third kappa shape index (κ3) is 3.59. The lowest BCUT2D eigenvalue weighted by Crippen LogP contribution is -2.31. The van der Waals surface area contributed by atoms with E-state index >= 15 is 0 Å². The van der Waals surface area contributed by atoms with Crippen LogP contribution in [0.2, 0.25) is 0 Å². The van der Waals surface area contributed by atoms with Gasteiger partial charge in [-0.05, 0) is 50.7 Å². The van der Waals surface area contributed by atoms with E-state index in [-0.39, 0.29) is 12.1 Å². The highest BCUT2D eigenvalue weighted by molar-refractivity contribution is 7.86. The van der Waals surface area contributed by atoms with E-state index in [1.165, 1.54) is 0 Å². The Morgan fingerprint density at radius 2 is 1.90 bits per heavy atom. The Kier molecular flexibility index (Phi) is 4.83. The van der Waals surface area contributed by atoms with Crippen molar-refractivity contribution >= 4 is 10.1 Å². The smallest absolute Gasteiger partial charge is 0.297 e. The molecule has 1 fully saturated rings. The molecule has 1 aromatic carbocycles. The van der Waals surface area contributed by atoms with Gasteiger partial charge in [-0.3, -0.25) is 4.18 Å². The van der Waals surface area contributed by atoms with E-state index in [1.807, 2.05) is 26.0 Å². The fourth-order valence-corrected chi connectivity index (χ4v) is 4.06. The SMILES string of the molecule is CCc1cc(C)ccc1S(=O)(=O)OC1CCC(N)CC1. The van der Waals surface area contributed by atoms with Crippen LogP contribution in [-0.4, -0.2) is 20.6 Å². The van der Waals surface area contributed by atoms with Gasteiger partial charge < -0.3 is 5.73 Å². The van der Waals surface area contributed by atoms with Crippen LogP contribution in [-0.2, 0) is 20.7 Å². The van der Waals surface area contributed by atoms with Crippen molar-refractivity contribution in [2.75, 3.05) is 0 Å². The van der Waals surface area contributed by atoms with E-state index in [1.54, 1.807) is 6.07 Å². The monoisotopic (exact) mass is 297 g/mol. The molecule has 112 valence electrons. The van der Waals surface area contributed by atoms with Crippen molar-refractivity contribution in [3.8, 4) is 0 Å². The molecule has 5 heteroatoms. The van der Waals surface area contributed by atoms with Gasteiger partial charge in [0.15, 0.2) is 0 Å². The van der Waals surface area contributed by atoms with Crippen molar-refractivity contribution in [3.63, 3.8) is 0 Å². The average molecular weight is 297 g/mol. The summed E-state index contributed by atoms with van der Waals surface area (Å²) in [7, 11) is -3.68. The minimum atomic E-state index is -3.68. The summed E-state index contributed by atoms with van der Waals surface area (Å²) in [6.45, 7) is 3.91. The largest absolute Gasteiger partial charge is 0.328 e. The van der Waals surface area contributed by atoms with Crippen LogP contribution in [0.3, 0.4) is 0 Å². The van der Waals surface area contributed by atoms with Crippen molar-refractivity contribution in [1.82, 2.24) is 0 Å². The Morgan fingerprint density at radius 1 is 1.25 bits per heavy atom. The predicted octanol–water partition coefficient (Wildman–Crippen LogP) is 2.53. The van der Waals surface area contributed by atoms with Gasteiger partial charge in [0.05, 0.1) is 11.0 Å². The zero-order chi connectivity index (χ0) is 14.8. The molecule has 1 aliphatic carbocycles. The number of hydrogen-bond donors (Lipinski definition) is 1. The summed E-state index contributed by atoms with van der Waals surface area (Å²) in [6, 6.07) is 5.56. The number of nitrogens with two attached hydrogens (primary N) is 1. The topological polar surface area (TPSA) is 69.4 Å². The van der Waals surface area contributed by atoms with Crippen LogP contribution in [0, 0.1) is 6.92 Å². The van der Waals surface area contributed by atoms with Crippen LogP contribution < -0.4 is 5.73 Å². The molecule has 0 saturated heterocycles. The molecular weight excluding hydrogens is 274 g/mol. The van der Waals surface area contributed by atoms with Gasteiger partial charge in [-0.25, -0.2) is 0 Å². The van der Waals surface area contributed by atoms with Crippen LogP contribution in [0.4, 0.5) is 0 Å². The molecule has 0 unspecified atom stereocenters. The van der Waals surface area contributed by atoms with Gasteiger partial charge in [-0.1, -0.05) is 24.6 Å². The van der Waals surface area contributed by atoms with Gasteiger partial charge in [0.2, 0.25) is 0 Å². The number of rotatable bonds is 4. The highest BCUT2D eigenvalue weighted by atomic mass is 32.2. The predicted molar refractivity (Wildman–Crippen MR) is 79.1 cm³/mol. The van der Waals surface area contributed by atoms with E-state index in [0.717, 1.165) is 24.0 Å². The first-order valence-electron chi connectivity index (χ1n) is 7.20. The molecule has 0 atom stereocenters. The summed E-state index contributed by atoms with van der Waals surface area (Å²) in [5.41, 5.74) is 7.71. The van der Waals surface area contributed by atoms with Gasteiger partial charge in [-0.15, -0.1) is 0 Å². The maximum absolute atomic E-state index is 12.4. The van der Waals surface area contributed by atoms with Crippen LogP contribution in [0.15, 0.2) is 23.1 Å². The van der Waals surface area contributed by atoms with E-state index in [4.69, 9.17) is 9.92 Å². The van der Waals surface area contributed by atoms with E-state index < -0.39 is 10.1 Å². The molecule has 2 rings (SSSR count). The van der Waals surface area contributed by atoms with Gasteiger partial charge >= 0.3 is 0 Å². The summed E-state index contributed by atoms with van der Waals surface area (Å²) in [4.78, 5) is 0.306. The Bertz CT molecular complexity index is 560. The molecule has 0 aromatic heterocycles. The van der Waals surface area contributed by atoms with Crippen LogP contribution in [0.5, 0.6) is 0 Å². The molecular formula is C15H23NO3S. The molecule has 1 aromatic rings. The molecule has 0 bridgehead atoms. The third-order valence-corrected chi connectivity index (χ3v) is 5.31. The fraction of sp³-hybridized carbons (Fsp3) is 0.600. The lowest BCUT2D eigenvalue weighted by atomic mass is 9.94. The summed E-state index contributed by atoms with van der Waals surface area (Å²) >= 11 is 0. The molecule has 0 spiro atoms. The summed E-state index contributed by atoms with van der Waals surface area (Å²) < 4.78 is 30.3. The minimum absolute atomic E-state index is 0.183. The number of hydrogen-bond acceptors (Lipinski definition) is 4. The normalized spacial score (nSPS) is 23.8. The molecule has 20 heavy (non-hydrogen) atoms. The third-order valence-electron chi connectivity index (χ3n) is 3.85. The van der Waals surface area contributed by atoms with Gasteiger partial charge in [-0.2, -0.15) is 8.42 Å². The van der Waals surface area contributed by atoms with E-state index in [2.05, 4.69) is 0 Å². The Morgan fingerprint density at radius 3 is 2.50 bits per heavy atom. The highest BCUT2D eigenvalue weighted by Crippen LogP contribution is 2.26. The maximum atomic E-state index is 12.4. The second kappa shape index (κ2) is 6.24. The van der Waals surface area contributed by atoms with E-state index in [0.29, 0.717) is 24.2 Å². The molecule has 0 heterocycles. The van der Waals surface area contributed by atoms with Crippen molar-refractivity contribution < 1.29 is 12.6 Å². The molecule has 1 aliphatic rings. The minimum Gasteiger partial charge on any atom is -0.328 e. The van der Waals surface area contributed by atoms with Crippen LogP contribution >= 0.6 is 0 Å². The van der Waals surface area contributed by atoms with Gasteiger partial charge in [0, 0.05) is 6.04 Å². The zero-order valence-corrected chi connectivity index (χ0v) is 12.9. The highest BCUT2D eigenvalue weighted by Gasteiger charge is 2.27. The molecule has 1 saturated carbocycles. The zero-order valence-electron chi connectivity index (χ0n) is 12.1. The second-order valence-corrected chi connectivity index (χ2v) is 7.09. The molecule has 4 nitrogen and oxygen atoms in total. The first-order valence-corrected chi connectivity index (χ1v) is 8.61. The van der Waals surface area contributed by atoms with Crippen molar-refractivity contribution in [1.29, 1.82) is 0 Å². The van der Waals surface area contributed by atoms with Crippen molar-refractivity contribution in [2.45, 2.75) is 63.0 Å². The maximum Gasteiger partial charge on any atom is 0.297 e. The first kappa shape index (κ1) is 15.5.